The van der Waals surface area contributed by atoms with E-state index >= 15 is 0 Å². The van der Waals surface area contributed by atoms with Crippen LogP contribution in [0, 0.1) is 12.8 Å². The fourth-order valence-electron chi connectivity index (χ4n) is 4.95. The number of rotatable bonds is 3. The van der Waals surface area contributed by atoms with Crippen LogP contribution in [0.4, 0.5) is 0 Å². The molecule has 2 aliphatic rings. The van der Waals surface area contributed by atoms with Crippen molar-refractivity contribution in [2.24, 2.45) is 5.92 Å². The summed E-state index contributed by atoms with van der Waals surface area (Å²) in [6.45, 7) is 4.23. The van der Waals surface area contributed by atoms with Crippen molar-refractivity contribution in [1.29, 1.82) is 0 Å². The zero-order valence-corrected chi connectivity index (χ0v) is 16.8. The Kier molecular flexibility index (Phi) is 4.56. The Morgan fingerprint density at radius 2 is 2.00 bits per heavy atom. The Morgan fingerprint density at radius 3 is 2.86 bits per heavy atom. The van der Waals surface area contributed by atoms with E-state index < -0.39 is 18.3 Å². The Morgan fingerprint density at radius 1 is 1.14 bits per heavy atom. The van der Waals surface area contributed by atoms with E-state index in [0.29, 0.717) is 12.3 Å². The highest BCUT2D eigenvalue weighted by Gasteiger charge is 2.44. The summed E-state index contributed by atoms with van der Waals surface area (Å²) < 4.78 is 8.25. The number of hydrogen-bond acceptors (Lipinski definition) is 5. The van der Waals surface area contributed by atoms with Crippen LogP contribution in [0.25, 0.3) is 11.0 Å². The molecule has 1 aromatic carbocycles. The molecule has 5 rings (SSSR count). The van der Waals surface area contributed by atoms with E-state index in [1.54, 1.807) is 0 Å². The average molecular weight is 393 g/mol. The zero-order valence-electron chi connectivity index (χ0n) is 16.8. The summed E-state index contributed by atoms with van der Waals surface area (Å²) in [6.07, 6.45) is 4.89. The van der Waals surface area contributed by atoms with Crippen LogP contribution in [0.3, 0.4) is 0 Å². The molecular formula is C23H27N3O3. The quantitative estimate of drug-likeness (QED) is 0.715. The standard InChI is InChI=1S/C23H27N3O3/c1-13-6-7-17-15(10-13)4-3-5-19(17)29-20-11-18(21(27)22(20)28)26-9-8-16-14(2)24-12-25-23(16)26/h3-5,8-9,12-13,18,20-22,27-28H,6-7,10-11H2,1-2H3/t13-,18-,20+,21+,22-/m1/s1. The topological polar surface area (TPSA) is 80.4 Å². The van der Waals surface area contributed by atoms with Crippen molar-refractivity contribution in [2.45, 2.75) is 63.9 Å². The number of nitrogens with zero attached hydrogens (tertiary/aromatic N) is 3. The molecule has 29 heavy (non-hydrogen) atoms. The highest BCUT2D eigenvalue weighted by Crippen LogP contribution is 2.38. The first-order chi connectivity index (χ1) is 14.0. The molecule has 0 unspecified atom stereocenters. The molecule has 5 atom stereocenters. The van der Waals surface area contributed by atoms with Gasteiger partial charge in [0.05, 0.1) is 11.7 Å². The summed E-state index contributed by atoms with van der Waals surface area (Å²) in [4.78, 5) is 8.64. The molecular weight excluding hydrogens is 366 g/mol. The largest absolute Gasteiger partial charge is 0.487 e. The van der Waals surface area contributed by atoms with Gasteiger partial charge < -0.3 is 19.5 Å². The smallest absolute Gasteiger partial charge is 0.143 e. The summed E-state index contributed by atoms with van der Waals surface area (Å²) in [6, 6.07) is 7.87. The minimum atomic E-state index is -0.946. The lowest BCUT2D eigenvalue weighted by atomic mass is 9.84. The van der Waals surface area contributed by atoms with Gasteiger partial charge in [-0.1, -0.05) is 19.1 Å². The van der Waals surface area contributed by atoms with Gasteiger partial charge in [-0.3, -0.25) is 0 Å². The highest BCUT2D eigenvalue weighted by atomic mass is 16.5. The third-order valence-corrected chi connectivity index (χ3v) is 6.63. The van der Waals surface area contributed by atoms with Crippen LogP contribution in [-0.4, -0.2) is 43.1 Å². The maximum atomic E-state index is 10.8. The zero-order chi connectivity index (χ0) is 20.1. The molecule has 1 saturated carbocycles. The number of aliphatic hydroxyl groups excluding tert-OH is 2. The van der Waals surface area contributed by atoms with Crippen LogP contribution in [-0.2, 0) is 12.8 Å². The maximum Gasteiger partial charge on any atom is 0.143 e. The predicted molar refractivity (Wildman–Crippen MR) is 110 cm³/mol. The Balaban J connectivity index is 1.42. The molecule has 2 aromatic heterocycles. The summed E-state index contributed by atoms with van der Waals surface area (Å²) in [7, 11) is 0. The lowest BCUT2D eigenvalue weighted by molar-refractivity contribution is -0.0166. The van der Waals surface area contributed by atoms with E-state index in [9.17, 15) is 10.2 Å². The molecule has 2 N–H and O–H groups in total. The number of fused-ring (bicyclic) bond motifs is 2. The number of ether oxygens (including phenoxy) is 1. The minimum Gasteiger partial charge on any atom is -0.487 e. The van der Waals surface area contributed by atoms with Gasteiger partial charge in [0.1, 0.15) is 36.0 Å². The third kappa shape index (κ3) is 3.11. The molecule has 152 valence electrons. The first-order valence-corrected chi connectivity index (χ1v) is 10.4. The van der Waals surface area contributed by atoms with Crippen molar-refractivity contribution >= 4 is 11.0 Å². The van der Waals surface area contributed by atoms with Gasteiger partial charge in [0, 0.05) is 18.0 Å². The number of aromatic nitrogens is 3. The van der Waals surface area contributed by atoms with E-state index in [0.717, 1.165) is 41.7 Å². The van der Waals surface area contributed by atoms with E-state index in [2.05, 4.69) is 23.0 Å². The van der Waals surface area contributed by atoms with Gasteiger partial charge in [0.2, 0.25) is 0 Å². The summed E-state index contributed by atoms with van der Waals surface area (Å²) in [5.41, 5.74) is 4.28. The summed E-state index contributed by atoms with van der Waals surface area (Å²) in [5, 5.41) is 22.5. The molecule has 0 amide bonds. The lowest BCUT2D eigenvalue weighted by Gasteiger charge is -2.26. The maximum absolute atomic E-state index is 10.8. The molecule has 0 radical (unpaired) electrons. The molecule has 2 aliphatic carbocycles. The molecule has 0 saturated heterocycles. The third-order valence-electron chi connectivity index (χ3n) is 6.63. The molecule has 6 heteroatoms. The normalized spacial score (nSPS) is 29.2. The van der Waals surface area contributed by atoms with Crippen LogP contribution in [0.5, 0.6) is 5.75 Å². The van der Waals surface area contributed by atoms with Gasteiger partial charge >= 0.3 is 0 Å². The number of aliphatic hydroxyl groups is 2. The van der Waals surface area contributed by atoms with Crippen LogP contribution in [0.2, 0.25) is 0 Å². The molecule has 0 spiro atoms. The summed E-state index contributed by atoms with van der Waals surface area (Å²) in [5.74, 6) is 1.54. The molecule has 1 fully saturated rings. The highest BCUT2D eigenvalue weighted by molar-refractivity contribution is 5.78. The van der Waals surface area contributed by atoms with E-state index in [1.165, 1.54) is 17.5 Å². The van der Waals surface area contributed by atoms with E-state index in [4.69, 9.17) is 4.74 Å². The van der Waals surface area contributed by atoms with E-state index in [1.807, 2.05) is 35.9 Å². The average Bonchev–Trinajstić information content (AvgIpc) is 3.25. The molecule has 6 nitrogen and oxygen atoms in total. The van der Waals surface area contributed by atoms with Gasteiger partial charge in [-0.25, -0.2) is 9.97 Å². The summed E-state index contributed by atoms with van der Waals surface area (Å²) >= 11 is 0. The van der Waals surface area contributed by atoms with Crippen molar-refractivity contribution < 1.29 is 14.9 Å². The second kappa shape index (κ2) is 7.11. The van der Waals surface area contributed by atoms with Crippen molar-refractivity contribution in [3.05, 3.63) is 53.6 Å². The van der Waals surface area contributed by atoms with Gasteiger partial charge in [-0.05, 0) is 55.4 Å². The monoisotopic (exact) mass is 393 g/mol. The number of benzene rings is 1. The lowest BCUT2D eigenvalue weighted by Crippen LogP contribution is -2.34. The molecule has 0 bridgehead atoms. The van der Waals surface area contributed by atoms with Crippen LogP contribution in [0.1, 0.15) is 42.6 Å². The first-order valence-electron chi connectivity index (χ1n) is 10.4. The van der Waals surface area contributed by atoms with Crippen molar-refractivity contribution in [3.8, 4) is 5.75 Å². The van der Waals surface area contributed by atoms with E-state index in [-0.39, 0.29) is 6.04 Å². The van der Waals surface area contributed by atoms with Gasteiger partial charge in [-0.15, -0.1) is 0 Å². The van der Waals surface area contributed by atoms with Crippen LogP contribution in [0.15, 0.2) is 36.8 Å². The number of aryl methyl sites for hydroxylation is 1. The van der Waals surface area contributed by atoms with Crippen molar-refractivity contribution in [3.63, 3.8) is 0 Å². The Bertz CT molecular complexity index is 1050. The second-order valence-electron chi connectivity index (χ2n) is 8.60. The predicted octanol–water partition coefficient (Wildman–Crippen LogP) is 2.98. The van der Waals surface area contributed by atoms with Crippen LogP contribution >= 0.6 is 0 Å². The van der Waals surface area contributed by atoms with Crippen molar-refractivity contribution in [2.75, 3.05) is 0 Å². The fourth-order valence-corrected chi connectivity index (χ4v) is 4.95. The van der Waals surface area contributed by atoms with Crippen LogP contribution < -0.4 is 4.74 Å². The Hall–Kier alpha value is -2.44. The fraction of sp³-hybridized carbons (Fsp3) is 0.478. The second-order valence-corrected chi connectivity index (χ2v) is 8.60. The number of hydrogen-bond donors (Lipinski definition) is 2. The minimum absolute atomic E-state index is 0.290. The Labute approximate surface area is 170 Å². The first kappa shape index (κ1) is 18.6. The molecule has 3 aromatic rings. The SMILES string of the molecule is Cc1ncnc2c1ccn2[C@@H]1C[C@H](Oc2cccc3c2CC[C@@H](C)C3)[C@@H](O)[C@H]1O. The van der Waals surface area contributed by atoms with Gasteiger partial charge in [-0.2, -0.15) is 0 Å². The van der Waals surface area contributed by atoms with Crippen molar-refractivity contribution in [1.82, 2.24) is 14.5 Å². The van der Waals surface area contributed by atoms with Gasteiger partial charge in [0.25, 0.3) is 0 Å². The molecule has 2 heterocycles. The molecule has 0 aliphatic heterocycles. The van der Waals surface area contributed by atoms with Gasteiger partial charge in [0.15, 0.2) is 0 Å².